The van der Waals surface area contributed by atoms with Gasteiger partial charge in [-0.05, 0) is 67.0 Å². The number of fused-ring (bicyclic) bond motifs is 1. The maximum Gasteiger partial charge on any atom is 0.253 e. The number of sulfone groups is 1. The number of carbonyl (C=O) groups is 1. The van der Waals surface area contributed by atoms with Crippen molar-refractivity contribution in [3.8, 4) is 11.5 Å². The highest BCUT2D eigenvalue weighted by atomic mass is 32.2. The molecule has 1 atom stereocenters. The third-order valence-corrected chi connectivity index (χ3v) is 7.13. The molecule has 1 amide bonds. The lowest BCUT2D eigenvalue weighted by Gasteiger charge is -2.25. The average Bonchev–Trinajstić information content (AvgIpc) is 3.47. The first-order chi connectivity index (χ1) is 12.8. The first-order valence-electron chi connectivity index (χ1n) is 9.21. The van der Waals surface area contributed by atoms with E-state index in [0.29, 0.717) is 33.8 Å². The molecule has 0 aromatic heterocycles. The number of amides is 1. The second-order valence-corrected chi connectivity index (χ2v) is 9.66. The fourth-order valence-corrected chi connectivity index (χ4v) is 5.43. The van der Waals surface area contributed by atoms with E-state index in [-0.39, 0.29) is 11.7 Å². The second-order valence-electron chi connectivity index (χ2n) is 7.58. The van der Waals surface area contributed by atoms with Crippen LogP contribution in [0, 0.1) is 5.92 Å². The SMILES string of the molecule is CN(C)C(=O)c1cccc(Oc2ccc3c(c2)S(=O)(=O)CCC3C2CC2)c1. The molecular formula is C21H23NO4S. The van der Waals surface area contributed by atoms with E-state index in [1.54, 1.807) is 44.4 Å². The lowest BCUT2D eigenvalue weighted by molar-refractivity contribution is 0.0827. The fourth-order valence-electron chi connectivity index (χ4n) is 3.78. The number of carbonyl (C=O) groups excluding carboxylic acids is 1. The van der Waals surface area contributed by atoms with Crippen LogP contribution in [0.1, 0.15) is 41.1 Å². The molecule has 4 rings (SSSR count). The van der Waals surface area contributed by atoms with Gasteiger partial charge in [0.15, 0.2) is 9.84 Å². The van der Waals surface area contributed by atoms with Gasteiger partial charge in [-0.3, -0.25) is 4.79 Å². The molecule has 2 aromatic carbocycles. The van der Waals surface area contributed by atoms with Crippen LogP contribution in [-0.4, -0.2) is 39.1 Å². The topological polar surface area (TPSA) is 63.7 Å². The number of benzene rings is 2. The Morgan fingerprint density at radius 3 is 2.48 bits per heavy atom. The van der Waals surface area contributed by atoms with Crippen LogP contribution in [-0.2, 0) is 9.84 Å². The van der Waals surface area contributed by atoms with Gasteiger partial charge >= 0.3 is 0 Å². The molecule has 1 heterocycles. The Morgan fingerprint density at radius 1 is 1.04 bits per heavy atom. The van der Waals surface area contributed by atoms with Crippen LogP contribution in [0.2, 0.25) is 0 Å². The fraction of sp³-hybridized carbons (Fsp3) is 0.381. The lowest BCUT2D eigenvalue weighted by Crippen LogP contribution is -2.21. The summed E-state index contributed by atoms with van der Waals surface area (Å²) in [5.41, 5.74) is 1.46. The lowest BCUT2D eigenvalue weighted by atomic mass is 9.91. The van der Waals surface area contributed by atoms with Gasteiger partial charge in [0.05, 0.1) is 10.6 Å². The van der Waals surface area contributed by atoms with Crippen molar-refractivity contribution in [2.75, 3.05) is 19.8 Å². The molecule has 5 nitrogen and oxygen atoms in total. The molecule has 6 heteroatoms. The van der Waals surface area contributed by atoms with Gasteiger partial charge in [0.1, 0.15) is 11.5 Å². The number of hydrogen-bond donors (Lipinski definition) is 0. The van der Waals surface area contributed by atoms with E-state index in [0.717, 1.165) is 12.0 Å². The van der Waals surface area contributed by atoms with Crippen molar-refractivity contribution < 1.29 is 17.9 Å². The molecule has 2 aliphatic rings. The highest BCUT2D eigenvalue weighted by Gasteiger charge is 2.39. The summed E-state index contributed by atoms with van der Waals surface area (Å²) >= 11 is 0. The van der Waals surface area contributed by atoms with Crippen LogP contribution < -0.4 is 4.74 Å². The zero-order valence-electron chi connectivity index (χ0n) is 15.5. The molecule has 27 heavy (non-hydrogen) atoms. The third kappa shape index (κ3) is 3.58. The van der Waals surface area contributed by atoms with E-state index >= 15 is 0 Å². The van der Waals surface area contributed by atoms with Gasteiger partial charge in [0.25, 0.3) is 5.91 Å². The summed E-state index contributed by atoms with van der Waals surface area (Å²) in [6.45, 7) is 0. The standard InChI is InChI=1S/C21H23NO4S/c1-22(2)21(23)15-4-3-5-16(12-15)26-17-8-9-19-18(14-6-7-14)10-11-27(24,25)20(19)13-17/h3-5,8-9,12-14,18H,6-7,10-11H2,1-2H3. The molecule has 1 fully saturated rings. The van der Waals surface area contributed by atoms with Gasteiger partial charge in [-0.15, -0.1) is 0 Å². The number of ether oxygens (including phenoxy) is 1. The second kappa shape index (κ2) is 6.68. The summed E-state index contributed by atoms with van der Waals surface area (Å²) in [6, 6.07) is 12.3. The molecule has 1 aliphatic heterocycles. The Bertz CT molecular complexity index is 993. The number of nitrogens with zero attached hydrogens (tertiary/aromatic N) is 1. The summed E-state index contributed by atoms with van der Waals surface area (Å²) in [5, 5.41) is 0. The monoisotopic (exact) mass is 385 g/mol. The molecule has 2 aromatic rings. The first kappa shape index (κ1) is 18.0. The minimum absolute atomic E-state index is 0.110. The molecular weight excluding hydrogens is 362 g/mol. The quantitative estimate of drug-likeness (QED) is 0.802. The van der Waals surface area contributed by atoms with E-state index in [1.807, 2.05) is 12.1 Å². The van der Waals surface area contributed by atoms with Gasteiger partial charge in [0.2, 0.25) is 0 Å². The van der Waals surface area contributed by atoms with E-state index in [2.05, 4.69) is 0 Å². The third-order valence-electron chi connectivity index (χ3n) is 5.33. The van der Waals surface area contributed by atoms with Gasteiger partial charge in [0, 0.05) is 19.7 Å². The molecule has 0 bridgehead atoms. The smallest absolute Gasteiger partial charge is 0.253 e. The predicted molar refractivity (Wildman–Crippen MR) is 103 cm³/mol. The molecule has 1 saturated carbocycles. The molecule has 0 saturated heterocycles. The Hall–Kier alpha value is -2.34. The van der Waals surface area contributed by atoms with Crippen molar-refractivity contribution in [1.82, 2.24) is 4.90 Å². The van der Waals surface area contributed by atoms with Crippen LogP contribution in [0.15, 0.2) is 47.4 Å². The average molecular weight is 385 g/mol. The molecule has 0 radical (unpaired) electrons. The summed E-state index contributed by atoms with van der Waals surface area (Å²) < 4.78 is 31.0. The van der Waals surface area contributed by atoms with Crippen LogP contribution in [0.5, 0.6) is 11.5 Å². The molecule has 142 valence electrons. The maximum absolute atomic E-state index is 12.6. The van der Waals surface area contributed by atoms with Crippen molar-refractivity contribution in [2.45, 2.75) is 30.1 Å². The van der Waals surface area contributed by atoms with E-state index < -0.39 is 9.84 Å². The minimum Gasteiger partial charge on any atom is -0.457 e. The Labute approximate surface area is 159 Å². The van der Waals surface area contributed by atoms with E-state index in [4.69, 9.17) is 4.74 Å². The highest BCUT2D eigenvalue weighted by molar-refractivity contribution is 7.91. The molecule has 1 aliphatic carbocycles. The van der Waals surface area contributed by atoms with Gasteiger partial charge in [-0.1, -0.05) is 12.1 Å². The highest BCUT2D eigenvalue weighted by Crippen LogP contribution is 2.49. The normalized spacial score (nSPS) is 20.6. The van der Waals surface area contributed by atoms with Crippen LogP contribution in [0.3, 0.4) is 0 Å². The Kier molecular flexibility index (Phi) is 4.46. The van der Waals surface area contributed by atoms with Crippen molar-refractivity contribution >= 4 is 15.7 Å². The zero-order valence-corrected chi connectivity index (χ0v) is 16.3. The van der Waals surface area contributed by atoms with E-state index in [1.165, 1.54) is 17.7 Å². The van der Waals surface area contributed by atoms with Crippen molar-refractivity contribution in [2.24, 2.45) is 5.92 Å². The summed E-state index contributed by atoms with van der Waals surface area (Å²) in [4.78, 5) is 14.0. The summed E-state index contributed by atoms with van der Waals surface area (Å²) in [6.07, 6.45) is 3.10. The molecule has 1 unspecified atom stereocenters. The summed E-state index contributed by atoms with van der Waals surface area (Å²) in [7, 11) is 0.121. The van der Waals surface area contributed by atoms with Crippen LogP contribution >= 0.6 is 0 Å². The minimum atomic E-state index is -3.27. The molecule has 0 spiro atoms. The predicted octanol–water partition coefficient (Wildman–Crippen LogP) is 3.85. The van der Waals surface area contributed by atoms with Crippen molar-refractivity contribution in [3.63, 3.8) is 0 Å². The Balaban J connectivity index is 1.64. The van der Waals surface area contributed by atoms with Crippen molar-refractivity contribution in [3.05, 3.63) is 53.6 Å². The number of rotatable bonds is 4. The largest absolute Gasteiger partial charge is 0.457 e. The maximum atomic E-state index is 12.6. The zero-order chi connectivity index (χ0) is 19.2. The Morgan fingerprint density at radius 2 is 1.78 bits per heavy atom. The van der Waals surface area contributed by atoms with Gasteiger partial charge in [-0.25, -0.2) is 8.42 Å². The van der Waals surface area contributed by atoms with Gasteiger partial charge in [-0.2, -0.15) is 0 Å². The molecule has 0 N–H and O–H groups in total. The van der Waals surface area contributed by atoms with Crippen LogP contribution in [0.4, 0.5) is 0 Å². The van der Waals surface area contributed by atoms with Gasteiger partial charge < -0.3 is 9.64 Å². The summed E-state index contributed by atoms with van der Waals surface area (Å²) in [5.74, 6) is 2.05. The van der Waals surface area contributed by atoms with Crippen LogP contribution in [0.25, 0.3) is 0 Å². The van der Waals surface area contributed by atoms with E-state index in [9.17, 15) is 13.2 Å². The first-order valence-corrected chi connectivity index (χ1v) is 10.9. The van der Waals surface area contributed by atoms with Crippen molar-refractivity contribution in [1.29, 1.82) is 0 Å². The number of hydrogen-bond acceptors (Lipinski definition) is 4.